The van der Waals surface area contributed by atoms with Crippen LogP contribution < -0.4 is 5.32 Å². The molecule has 0 spiro atoms. The molecule has 0 aromatic carbocycles. The van der Waals surface area contributed by atoms with Gasteiger partial charge in [0.1, 0.15) is 9.84 Å². The second-order valence-corrected chi connectivity index (χ2v) is 7.54. The molecule has 0 aromatic rings. The van der Waals surface area contributed by atoms with Crippen molar-refractivity contribution < 1.29 is 8.42 Å². The summed E-state index contributed by atoms with van der Waals surface area (Å²) in [5, 5.41) is 3.47. The van der Waals surface area contributed by atoms with Gasteiger partial charge in [0, 0.05) is 18.8 Å². The maximum Gasteiger partial charge on any atom is 0.148 e. The van der Waals surface area contributed by atoms with Crippen molar-refractivity contribution in [2.24, 2.45) is 0 Å². The van der Waals surface area contributed by atoms with Crippen LogP contribution in [0.4, 0.5) is 0 Å². The van der Waals surface area contributed by atoms with E-state index in [1.165, 1.54) is 25.5 Å². The Morgan fingerprint density at radius 3 is 2.44 bits per heavy atom. The summed E-state index contributed by atoms with van der Waals surface area (Å²) in [6.07, 6.45) is 6.00. The number of sulfone groups is 1. The van der Waals surface area contributed by atoms with Crippen molar-refractivity contribution >= 4 is 9.84 Å². The quantitative estimate of drug-likeness (QED) is 0.582. The van der Waals surface area contributed by atoms with Crippen molar-refractivity contribution in [2.75, 3.05) is 38.7 Å². The van der Waals surface area contributed by atoms with E-state index in [0.717, 1.165) is 19.5 Å². The Balaban J connectivity index is 3.48. The fourth-order valence-electron chi connectivity index (χ4n) is 1.76. The molecule has 0 fully saturated rings. The standard InChI is InChI=1S/C13H30N2O2S/c1-5-9-14-13(2)8-6-7-10-15(3)11-12-18(4,16)17/h13-14H,5-12H2,1-4H3. The van der Waals surface area contributed by atoms with Crippen molar-refractivity contribution in [3.05, 3.63) is 0 Å². The van der Waals surface area contributed by atoms with Crippen LogP contribution in [0.15, 0.2) is 0 Å². The van der Waals surface area contributed by atoms with E-state index in [1.54, 1.807) is 0 Å². The molecule has 1 atom stereocenters. The molecule has 0 aliphatic heterocycles. The predicted molar refractivity (Wildman–Crippen MR) is 78.8 cm³/mol. The monoisotopic (exact) mass is 278 g/mol. The van der Waals surface area contributed by atoms with Gasteiger partial charge in [-0.2, -0.15) is 0 Å². The van der Waals surface area contributed by atoms with Gasteiger partial charge in [0.25, 0.3) is 0 Å². The Morgan fingerprint density at radius 1 is 1.22 bits per heavy atom. The van der Waals surface area contributed by atoms with Gasteiger partial charge in [-0.3, -0.25) is 0 Å². The average Bonchev–Trinajstić information content (AvgIpc) is 2.28. The molecule has 1 unspecified atom stereocenters. The lowest BCUT2D eigenvalue weighted by atomic mass is 10.1. The van der Waals surface area contributed by atoms with E-state index in [9.17, 15) is 8.42 Å². The first-order chi connectivity index (χ1) is 8.35. The van der Waals surface area contributed by atoms with Gasteiger partial charge < -0.3 is 10.2 Å². The molecule has 0 heterocycles. The maximum atomic E-state index is 11.0. The molecule has 0 bridgehead atoms. The van der Waals surface area contributed by atoms with Gasteiger partial charge in [-0.15, -0.1) is 0 Å². The summed E-state index contributed by atoms with van der Waals surface area (Å²) in [6, 6.07) is 0.589. The van der Waals surface area contributed by atoms with Crippen LogP contribution in [0.25, 0.3) is 0 Å². The summed E-state index contributed by atoms with van der Waals surface area (Å²) < 4.78 is 22.0. The normalized spacial score (nSPS) is 14.1. The van der Waals surface area contributed by atoms with Crippen LogP contribution in [0.5, 0.6) is 0 Å². The number of hydrogen-bond acceptors (Lipinski definition) is 4. The fourth-order valence-corrected chi connectivity index (χ4v) is 2.40. The lowest BCUT2D eigenvalue weighted by Crippen LogP contribution is -2.28. The summed E-state index contributed by atoms with van der Waals surface area (Å²) in [7, 11) is -0.835. The third-order valence-electron chi connectivity index (χ3n) is 3.01. The first-order valence-electron chi connectivity index (χ1n) is 6.94. The van der Waals surface area contributed by atoms with E-state index >= 15 is 0 Å². The van der Waals surface area contributed by atoms with Gasteiger partial charge in [0.05, 0.1) is 5.75 Å². The van der Waals surface area contributed by atoms with E-state index in [1.807, 2.05) is 7.05 Å². The van der Waals surface area contributed by atoms with Gasteiger partial charge in [0.15, 0.2) is 0 Å². The molecule has 0 saturated heterocycles. The molecule has 0 rings (SSSR count). The first-order valence-corrected chi connectivity index (χ1v) is 9.01. The fraction of sp³-hybridized carbons (Fsp3) is 1.00. The molecule has 1 N–H and O–H groups in total. The minimum atomic E-state index is -2.83. The lowest BCUT2D eigenvalue weighted by Gasteiger charge is -2.17. The maximum absolute atomic E-state index is 11.0. The van der Waals surface area contributed by atoms with E-state index in [0.29, 0.717) is 12.6 Å². The Bertz CT molecular complexity index is 291. The zero-order chi connectivity index (χ0) is 14.0. The molecular weight excluding hydrogens is 248 g/mol. The highest BCUT2D eigenvalue weighted by atomic mass is 32.2. The zero-order valence-electron chi connectivity index (χ0n) is 12.4. The molecule has 110 valence electrons. The minimum absolute atomic E-state index is 0.262. The Labute approximate surface area is 113 Å². The molecule has 5 heteroatoms. The average molecular weight is 278 g/mol. The summed E-state index contributed by atoms with van der Waals surface area (Å²) in [6.45, 7) is 7.12. The van der Waals surface area contributed by atoms with Gasteiger partial charge in [0.2, 0.25) is 0 Å². The summed E-state index contributed by atoms with van der Waals surface area (Å²) in [4.78, 5) is 2.10. The third kappa shape index (κ3) is 12.3. The number of nitrogens with zero attached hydrogens (tertiary/aromatic N) is 1. The van der Waals surface area contributed by atoms with Crippen molar-refractivity contribution in [3.63, 3.8) is 0 Å². The topological polar surface area (TPSA) is 49.4 Å². The highest BCUT2D eigenvalue weighted by Gasteiger charge is 2.05. The smallest absolute Gasteiger partial charge is 0.148 e. The van der Waals surface area contributed by atoms with Crippen molar-refractivity contribution in [2.45, 2.75) is 45.6 Å². The molecule has 0 amide bonds. The van der Waals surface area contributed by atoms with Gasteiger partial charge >= 0.3 is 0 Å². The second kappa shape index (κ2) is 9.75. The van der Waals surface area contributed by atoms with Crippen LogP contribution in [0.2, 0.25) is 0 Å². The van der Waals surface area contributed by atoms with Crippen LogP contribution >= 0.6 is 0 Å². The molecule has 4 nitrogen and oxygen atoms in total. The molecule has 0 radical (unpaired) electrons. The highest BCUT2D eigenvalue weighted by molar-refractivity contribution is 7.90. The SMILES string of the molecule is CCCNC(C)CCCCN(C)CCS(C)(=O)=O. The molecule has 18 heavy (non-hydrogen) atoms. The molecular formula is C13H30N2O2S. The molecule has 0 saturated carbocycles. The van der Waals surface area contributed by atoms with Crippen LogP contribution in [-0.4, -0.2) is 58.1 Å². The van der Waals surface area contributed by atoms with Crippen LogP contribution in [-0.2, 0) is 9.84 Å². The first kappa shape index (κ1) is 17.9. The molecule has 0 aliphatic carbocycles. The Morgan fingerprint density at radius 2 is 1.89 bits per heavy atom. The number of hydrogen-bond donors (Lipinski definition) is 1. The molecule has 0 aromatic heterocycles. The van der Waals surface area contributed by atoms with E-state index in [4.69, 9.17) is 0 Å². The van der Waals surface area contributed by atoms with Gasteiger partial charge in [-0.05, 0) is 46.3 Å². The summed E-state index contributed by atoms with van der Waals surface area (Å²) in [5.41, 5.74) is 0. The van der Waals surface area contributed by atoms with E-state index in [-0.39, 0.29) is 5.75 Å². The van der Waals surface area contributed by atoms with E-state index in [2.05, 4.69) is 24.1 Å². The number of rotatable bonds is 11. The summed E-state index contributed by atoms with van der Waals surface area (Å²) in [5.74, 6) is 0.262. The van der Waals surface area contributed by atoms with E-state index < -0.39 is 9.84 Å². The largest absolute Gasteiger partial charge is 0.314 e. The van der Waals surface area contributed by atoms with Crippen molar-refractivity contribution in [1.82, 2.24) is 10.2 Å². The lowest BCUT2D eigenvalue weighted by molar-refractivity contribution is 0.337. The van der Waals surface area contributed by atoms with Crippen molar-refractivity contribution in [3.8, 4) is 0 Å². The van der Waals surface area contributed by atoms with Crippen LogP contribution in [0, 0.1) is 0 Å². The zero-order valence-corrected chi connectivity index (χ0v) is 13.2. The number of nitrogens with one attached hydrogen (secondary N) is 1. The Kier molecular flexibility index (Phi) is 9.68. The predicted octanol–water partition coefficient (Wildman–Crippen LogP) is 1.52. The summed E-state index contributed by atoms with van der Waals surface area (Å²) >= 11 is 0. The molecule has 0 aliphatic rings. The highest BCUT2D eigenvalue weighted by Crippen LogP contribution is 2.02. The van der Waals surface area contributed by atoms with Gasteiger partial charge in [-0.1, -0.05) is 13.3 Å². The van der Waals surface area contributed by atoms with Crippen LogP contribution in [0.3, 0.4) is 0 Å². The van der Waals surface area contributed by atoms with Gasteiger partial charge in [-0.25, -0.2) is 8.42 Å². The van der Waals surface area contributed by atoms with Crippen molar-refractivity contribution in [1.29, 1.82) is 0 Å². The third-order valence-corrected chi connectivity index (χ3v) is 3.94. The second-order valence-electron chi connectivity index (χ2n) is 5.28. The van der Waals surface area contributed by atoms with Crippen LogP contribution in [0.1, 0.15) is 39.5 Å². The Hall–Kier alpha value is -0.130. The minimum Gasteiger partial charge on any atom is -0.314 e. The number of unbranched alkanes of at least 4 members (excludes halogenated alkanes) is 1.